The van der Waals surface area contributed by atoms with Gasteiger partial charge in [-0.1, -0.05) is 0 Å². The van der Waals surface area contributed by atoms with Crippen LogP contribution in [0.25, 0.3) is 0 Å². The number of carbonyl (C=O) groups is 1. The van der Waals surface area contributed by atoms with Crippen LogP contribution in [-0.2, 0) is 15.8 Å². The number of hydrogen-bond donors (Lipinski definition) is 1. The van der Waals surface area contributed by atoms with E-state index in [-0.39, 0.29) is 4.90 Å². The third-order valence-corrected chi connectivity index (χ3v) is 3.14. The lowest BCUT2D eigenvalue weighted by molar-refractivity contribution is 0.0599. The van der Waals surface area contributed by atoms with E-state index in [4.69, 9.17) is 4.55 Å². The van der Waals surface area contributed by atoms with Crippen molar-refractivity contribution in [2.24, 2.45) is 0 Å². The zero-order valence-electron chi connectivity index (χ0n) is 7.19. The first kappa shape index (κ1) is 11.6. The minimum Gasteiger partial charge on any atom is -0.465 e. The summed E-state index contributed by atoms with van der Waals surface area (Å²) in [5.41, 5.74) is 0.299. The summed E-state index contributed by atoms with van der Waals surface area (Å²) in [6, 6.07) is 4.43. The van der Waals surface area contributed by atoms with Crippen molar-refractivity contribution < 1.29 is 18.3 Å². The fourth-order valence-electron chi connectivity index (χ4n) is 0.879. The Labute approximate surface area is 97.1 Å². The number of carbonyl (C=O) groups excluding carboxylic acids is 1. The molecular formula is C8H7IO4S. The van der Waals surface area contributed by atoms with E-state index >= 15 is 0 Å². The van der Waals surface area contributed by atoms with E-state index in [0.717, 1.165) is 0 Å². The first-order valence-electron chi connectivity index (χ1n) is 3.55. The predicted molar refractivity (Wildman–Crippen MR) is 59.5 cm³/mol. The van der Waals surface area contributed by atoms with Gasteiger partial charge < -0.3 is 9.29 Å². The van der Waals surface area contributed by atoms with Gasteiger partial charge in [-0.15, -0.1) is 0 Å². The van der Waals surface area contributed by atoms with Gasteiger partial charge in [-0.25, -0.2) is 9.00 Å². The second kappa shape index (κ2) is 4.85. The van der Waals surface area contributed by atoms with Crippen molar-refractivity contribution in [1.29, 1.82) is 0 Å². The average Bonchev–Trinajstić information content (AvgIpc) is 2.17. The molecular weight excluding hydrogens is 319 g/mol. The maximum absolute atomic E-state index is 11.2. The molecule has 0 fully saturated rings. The highest BCUT2D eigenvalue weighted by molar-refractivity contribution is 14.1. The van der Waals surface area contributed by atoms with Crippen LogP contribution < -0.4 is 0 Å². The molecule has 1 atom stereocenters. The first-order valence-corrected chi connectivity index (χ1v) is 5.73. The second-order valence-corrected chi connectivity index (χ2v) is 4.51. The van der Waals surface area contributed by atoms with Crippen LogP contribution >= 0.6 is 22.6 Å². The van der Waals surface area contributed by atoms with Crippen LogP contribution in [-0.4, -0.2) is 21.8 Å². The Hall–Kier alpha value is -0.470. The number of hydrogen-bond acceptors (Lipinski definition) is 3. The molecule has 0 bridgehead atoms. The monoisotopic (exact) mass is 326 g/mol. The summed E-state index contributed by atoms with van der Waals surface area (Å²) in [5, 5.41) is 0. The third-order valence-electron chi connectivity index (χ3n) is 1.54. The Morgan fingerprint density at radius 1 is 1.57 bits per heavy atom. The predicted octanol–water partition coefficient (Wildman–Crippen LogP) is 1.66. The van der Waals surface area contributed by atoms with Crippen LogP contribution in [0.15, 0.2) is 23.1 Å². The quantitative estimate of drug-likeness (QED) is 0.510. The van der Waals surface area contributed by atoms with Gasteiger partial charge in [-0.3, -0.25) is 0 Å². The van der Waals surface area contributed by atoms with Gasteiger partial charge in [0, 0.05) is 3.57 Å². The van der Waals surface area contributed by atoms with E-state index in [1.807, 2.05) is 22.6 Å². The van der Waals surface area contributed by atoms with Crippen LogP contribution in [0.5, 0.6) is 0 Å². The van der Waals surface area contributed by atoms with E-state index in [9.17, 15) is 9.00 Å². The van der Waals surface area contributed by atoms with Crippen LogP contribution in [0.1, 0.15) is 10.4 Å². The average molecular weight is 326 g/mol. The zero-order valence-corrected chi connectivity index (χ0v) is 10.2. The van der Waals surface area contributed by atoms with Crippen molar-refractivity contribution in [2.75, 3.05) is 7.11 Å². The molecule has 0 radical (unpaired) electrons. The number of halogens is 1. The molecule has 0 aliphatic rings. The molecule has 0 aromatic heterocycles. The van der Waals surface area contributed by atoms with Gasteiger partial charge >= 0.3 is 5.97 Å². The zero-order chi connectivity index (χ0) is 10.7. The highest BCUT2D eigenvalue weighted by atomic mass is 127. The molecule has 1 unspecified atom stereocenters. The van der Waals surface area contributed by atoms with Gasteiger partial charge in [0.05, 0.1) is 17.6 Å². The van der Waals surface area contributed by atoms with Gasteiger partial charge in [0.1, 0.15) is 0 Å². The van der Waals surface area contributed by atoms with Gasteiger partial charge in [0.25, 0.3) is 0 Å². The third kappa shape index (κ3) is 2.52. The standard InChI is InChI=1S/C8H7IO4S/c1-13-8(10)6-4-5(14(11)12)2-3-7(6)9/h2-4H,1H3,(H,11,12). The van der Waals surface area contributed by atoms with E-state index in [0.29, 0.717) is 9.13 Å². The van der Waals surface area contributed by atoms with Crippen LogP contribution in [0.2, 0.25) is 0 Å². The molecule has 0 aliphatic heterocycles. The summed E-state index contributed by atoms with van der Waals surface area (Å²) < 4.78 is 24.8. The van der Waals surface area contributed by atoms with E-state index in [1.54, 1.807) is 6.07 Å². The molecule has 0 aliphatic carbocycles. The van der Waals surface area contributed by atoms with Gasteiger partial charge in [-0.05, 0) is 40.8 Å². The summed E-state index contributed by atoms with van der Waals surface area (Å²) in [7, 11) is 1.26. The molecule has 1 aromatic carbocycles. The van der Waals surface area contributed by atoms with Gasteiger partial charge in [0.2, 0.25) is 0 Å². The fraction of sp³-hybridized carbons (Fsp3) is 0.125. The molecule has 1 N–H and O–H groups in total. The van der Waals surface area contributed by atoms with Crippen molar-refractivity contribution in [3.63, 3.8) is 0 Å². The van der Waals surface area contributed by atoms with Crippen LogP contribution in [0.4, 0.5) is 0 Å². The SMILES string of the molecule is COC(=O)c1cc(S(=O)O)ccc1I. The Morgan fingerprint density at radius 3 is 2.71 bits per heavy atom. The van der Waals surface area contributed by atoms with Crippen molar-refractivity contribution in [3.05, 3.63) is 27.3 Å². The molecule has 76 valence electrons. The molecule has 0 spiro atoms. The van der Waals surface area contributed by atoms with E-state index in [1.165, 1.54) is 19.2 Å². The van der Waals surface area contributed by atoms with Crippen molar-refractivity contribution in [1.82, 2.24) is 0 Å². The molecule has 14 heavy (non-hydrogen) atoms. The molecule has 0 amide bonds. The summed E-state index contributed by atoms with van der Waals surface area (Å²) in [6.45, 7) is 0. The molecule has 0 saturated carbocycles. The molecule has 1 aromatic rings. The lowest BCUT2D eigenvalue weighted by Crippen LogP contribution is -2.05. The van der Waals surface area contributed by atoms with Gasteiger partial charge in [-0.2, -0.15) is 0 Å². The van der Waals surface area contributed by atoms with E-state index in [2.05, 4.69) is 4.74 Å². The number of esters is 1. The number of ether oxygens (including phenoxy) is 1. The topological polar surface area (TPSA) is 63.6 Å². The first-order chi connectivity index (χ1) is 6.56. The highest BCUT2D eigenvalue weighted by Gasteiger charge is 2.12. The molecule has 6 heteroatoms. The lowest BCUT2D eigenvalue weighted by atomic mass is 10.2. The smallest absolute Gasteiger partial charge is 0.338 e. The maximum atomic E-state index is 11.2. The maximum Gasteiger partial charge on any atom is 0.338 e. The Kier molecular flexibility index (Phi) is 4.02. The summed E-state index contributed by atoms with van der Waals surface area (Å²) in [4.78, 5) is 11.4. The Morgan fingerprint density at radius 2 is 2.21 bits per heavy atom. The largest absolute Gasteiger partial charge is 0.465 e. The van der Waals surface area contributed by atoms with Gasteiger partial charge in [0.15, 0.2) is 11.1 Å². The number of methoxy groups -OCH3 is 1. The van der Waals surface area contributed by atoms with Crippen molar-refractivity contribution in [2.45, 2.75) is 4.90 Å². The Bertz CT molecular complexity index is 391. The minimum atomic E-state index is -2.08. The fourth-order valence-corrected chi connectivity index (χ4v) is 1.84. The van der Waals surface area contributed by atoms with Crippen molar-refractivity contribution in [3.8, 4) is 0 Å². The summed E-state index contributed by atoms with van der Waals surface area (Å²) >= 11 is -0.120. The Balaban J connectivity index is 3.21. The second-order valence-electron chi connectivity index (χ2n) is 2.38. The highest BCUT2D eigenvalue weighted by Crippen LogP contribution is 2.17. The number of benzene rings is 1. The molecule has 1 rings (SSSR count). The molecule has 4 nitrogen and oxygen atoms in total. The van der Waals surface area contributed by atoms with E-state index < -0.39 is 17.0 Å². The lowest BCUT2D eigenvalue weighted by Gasteiger charge is -2.03. The minimum absolute atomic E-state index is 0.186. The molecule has 0 saturated heterocycles. The van der Waals surface area contributed by atoms with Crippen LogP contribution in [0, 0.1) is 3.57 Å². The number of rotatable bonds is 2. The summed E-state index contributed by atoms with van der Waals surface area (Å²) in [6.07, 6.45) is 0. The van der Waals surface area contributed by atoms with Crippen LogP contribution in [0.3, 0.4) is 0 Å². The normalized spacial score (nSPS) is 12.2. The van der Waals surface area contributed by atoms with Crippen molar-refractivity contribution >= 4 is 39.6 Å². The summed E-state index contributed by atoms with van der Waals surface area (Å²) in [5.74, 6) is -0.512. The molecule has 0 heterocycles.